The molecule has 0 saturated carbocycles. The van der Waals surface area contributed by atoms with Crippen molar-refractivity contribution in [3.63, 3.8) is 0 Å². The number of aryl methyl sites for hydroxylation is 2. The maximum absolute atomic E-state index is 12.6. The number of hydrogen-bond acceptors (Lipinski definition) is 7. The number of carbonyl (C=O) groups excluding carboxylic acids is 3. The van der Waals surface area contributed by atoms with Crippen LogP contribution in [0.15, 0.2) is 10.6 Å². The highest BCUT2D eigenvalue weighted by Gasteiger charge is 2.28. The van der Waals surface area contributed by atoms with Gasteiger partial charge in [0, 0.05) is 11.8 Å². The number of nitrogens with zero attached hydrogens (tertiary/aromatic N) is 1. The standard InChI is InChI=1S/C18H23N3O6/c1-6-12(16(22)20-13-8-9(3)27-21-13)26-17(23)14-10(4)15(19-11(14)5)18(24)25-7-2/h8,12,19H,6-7H2,1-5H3,(H,20,21,22)/t12-/m0/s1. The highest BCUT2D eigenvalue weighted by molar-refractivity contribution is 6.00. The molecule has 2 aromatic heterocycles. The van der Waals surface area contributed by atoms with E-state index in [1.54, 1.807) is 40.7 Å². The molecule has 0 radical (unpaired) electrons. The first-order chi connectivity index (χ1) is 12.8. The normalized spacial score (nSPS) is 11.7. The van der Waals surface area contributed by atoms with Crippen LogP contribution in [0.2, 0.25) is 0 Å². The fourth-order valence-electron chi connectivity index (χ4n) is 2.61. The van der Waals surface area contributed by atoms with Gasteiger partial charge in [0.2, 0.25) is 0 Å². The van der Waals surface area contributed by atoms with Crippen LogP contribution in [0.5, 0.6) is 0 Å². The van der Waals surface area contributed by atoms with Crippen LogP contribution in [-0.4, -0.2) is 40.7 Å². The molecule has 0 aromatic carbocycles. The zero-order valence-corrected chi connectivity index (χ0v) is 16.0. The van der Waals surface area contributed by atoms with Crippen LogP contribution in [0.1, 0.15) is 58.1 Å². The Bertz CT molecular complexity index is 851. The van der Waals surface area contributed by atoms with Crippen molar-refractivity contribution in [2.75, 3.05) is 11.9 Å². The summed E-state index contributed by atoms with van der Waals surface area (Å²) < 4.78 is 15.2. The Morgan fingerprint density at radius 3 is 2.48 bits per heavy atom. The van der Waals surface area contributed by atoms with Gasteiger partial charge in [0.25, 0.3) is 5.91 Å². The summed E-state index contributed by atoms with van der Waals surface area (Å²) in [6.07, 6.45) is -0.754. The lowest BCUT2D eigenvalue weighted by molar-refractivity contribution is -0.124. The Morgan fingerprint density at radius 1 is 1.22 bits per heavy atom. The highest BCUT2D eigenvalue weighted by atomic mass is 16.5. The number of carbonyl (C=O) groups is 3. The number of rotatable bonds is 7. The molecule has 27 heavy (non-hydrogen) atoms. The number of aromatic nitrogens is 2. The summed E-state index contributed by atoms with van der Waals surface area (Å²) in [5.41, 5.74) is 1.28. The first kappa shape index (κ1) is 20.2. The van der Waals surface area contributed by atoms with Crippen molar-refractivity contribution in [2.45, 2.75) is 47.1 Å². The Labute approximate surface area is 156 Å². The number of H-pyrrole nitrogens is 1. The Kier molecular flexibility index (Phi) is 6.38. The van der Waals surface area contributed by atoms with Crippen molar-refractivity contribution in [1.29, 1.82) is 0 Å². The van der Waals surface area contributed by atoms with Gasteiger partial charge in [-0.2, -0.15) is 0 Å². The smallest absolute Gasteiger partial charge is 0.355 e. The van der Waals surface area contributed by atoms with E-state index in [9.17, 15) is 14.4 Å². The third-order valence-corrected chi connectivity index (χ3v) is 3.91. The number of hydrogen-bond donors (Lipinski definition) is 2. The molecule has 1 atom stereocenters. The average molecular weight is 377 g/mol. The van der Waals surface area contributed by atoms with Gasteiger partial charge in [-0.1, -0.05) is 12.1 Å². The topological polar surface area (TPSA) is 124 Å². The molecule has 0 spiro atoms. The minimum Gasteiger partial charge on any atom is -0.461 e. The lowest BCUT2D eigenvalue weighted by Crippen LogP contribution is -2.32. The zero-order chi connectivity index (χ0) is 20.1. The summed E-state index contributed by atoms with van der Waals surface area (Å²) in [6.45, 7) is 8.58. The van der Waals surface area contributed by atoms with Crippen LogP contribution >= 0.6 is 0 Å². The number of ether oxygens (including phenoxy) is 2. The van der Waals surface area contributed by atoms with Gasteiger partial charge >= 0.3 is 11.9 Å². The van der Waals surface area contributed by atoms with Crippen LogP contribution in [-0.2, 0) is 14.3 Å². The van der Waals surface area contributed by atoms with Crippen LogP contribution in [0.4, 0.5) is 5.82 Å². The summed E-state index contributed by atoms with van der Waals surface area (Å²) in [5.74, 6) is -0.986. The van der Waals surface area contributed by atoms with Crippen molar-refractivity contribution in [1.82, 2.24) is 10.1 Å². The predicted octanol–water partition coefficient (Wildman–Crippen LogP) is 2.68. The molecule has 0 aliphatic heterocycles. The van der Waals surface area contributed by atoms with E-state index in [1.165, 1.54) is 0 Å². The quantitative estimate of drug-likeness (QED) is 0.711. The molecule has 2 aromatic rings. The molecule has 0 saturated heterocycles. The van der Waals surface area contributed by atoms with Gasteiger partial charge in [-0.3, -0.25) is 4.79 Å². The molecule has 2 rings (SSSR count). The van der Waals surface area contributed by atoms with Crippen LogP contribution in [0, 0.1) is 20.8 Å². The molecule has 0 unspecified atom stereocenters. The van der Waals surface area contributed by atoms with E-state index in [4.69, 9.17) is 14.0 Å². The van der Waals surface area contributed by atoms with Crippen LogP contribution in [0.3, 0.4) is 0 Å². The SMILES string of the molecule is CCOC(=O)c1[nH]c(C)c(C(=O)O[C@@H](CC)C(=O)Nc2cc(C)on2)c1C. The summed E-state index contributed by atoms with van der Waals surface area (Å²) in [6, 6.07) is 1.55. The molecule has 146 valence electrons. The largest absolute Gasteiger partial charge is 0.461 e. The van der Waals surface area contributed by atoms with E-state index < -0.39 is 23.9 Å². The first-order valence-electron chi connectivity index (χ1n) is 8.59. The third-order valence-electron chi connectivity index (χ3n) is 3.91. The second kappa shape index (κ2) is 8.52. The zero-order valence-electron chi connectivity index (χ0n) is 16.0. The van der Waals surface area contributed by atoms with E-state index in [-0.39, 0.29) is 30.1 Å². The highest BCUT2D eigenvalue weighted by Crippen LogP contribution is 2.21. The first-order valence-corrected chi connectivity index (χ1v) is 8.59. The van der Waals surface area contributed by atoms with Crippen molar-refractivity contribution < 1.29 is 28.4 Å². The Balaban J connectivity index is 2.14. The Hall–Kier alpha value is -3.10. The van der Waals surface area contributed by atoms with Crippen molar-refractivity contribution >= 4 is 23.7 Å². The molecule has 0 bridgehead atoms. The molecule has 9 heteroatoms. The lowest BCUT2D eigenvalue weighted by Gasteiger charge is -2.15. The van der Waals surface area contributed by atoms with Gasteiger partial charge in [-0.25, -0.2) is 9.59 Å². The summed E-state index contributed by atoms with van der Waals surface area (Å²) in [7, 11) is 0. The number of amides is 1. The van der Waals surface area contributed by atoms with E-state index in [0.29, 0.717) is 17.0 Å². The molecule has 2 N–H and O–H groups in total. The molecule has 0 aliphatic carbocycles. The molecule has 1 amide bonds. The van der Waals surface area contributed by atoms with Crippen molar-refractivity contribution in [3.05, 3.63) is 34.3 Å². The van der Waals surface area contributed by atoms with E-state index in [0.717, 1.165) is 0 Å². The molecular formula is C18H23N3O6. The monoisotopic (exact) mass is 377 g/mol. The number of aromatic amines is 1. The van der Waals surface area contributed by atoms with E-state index >= 15 is 0 Å². The maximum atomic E-state index is 12.6. The van der Waals surface area contributed by atoms with E-state index in [1.807, 2.05) is 0 Å². The van der Waals surface area contributed by atoms with Gasteiger partial charge in [0.1, 0.15) is 11.5 Å². The van der Waals surface area contributed by atoms with Gasteiger partial charge in [-0.15, -0.1) is 0 Å². The van der Waals surface area contributed by atoms with Crippen molar-refractivity contribution in [2.24, 2.45) is 0 Å². The van der Waals surface area contributed by atoms with Crippen LogP contribution in [0.25, 0.3) is 0 Å². The fourth-order valence-corrected chi connectivity index (χ4v) is 2.61. The molecule has 0 aliphatic rings. The van der Waals surface area contributed by atoms with Crippen LogP contribution < -0.4 is 5.32 Å². The van der Waals surface area contributed by atoms with E-state index in [2.05, 4.69) is 15.5 Å². The molecule has 0 fully saturated rings. The van der Waals surface area contributed by atoms with Gasteiger partial charge in [-0.05, 0) is 39.7 Å². The lowest BCUT2D eigenvalue weighted by atomic mass is 10.1. The van der Waals surface area contributed by atoms with Gasteiger partial charge in [0.15, 0.2) is 11.9 Å². The minimum absolute atomic E-state index is 0.192. The second-order valence-corrected chi connectivity index (χ2v) is 5.96. The molecular weight excluding hydrogens is 354 g/mol. The minimum atomic E-state index is -1.02. The van der Waals surface area contributed by atoms with Gasteiger partial charge < -0.3 is 24.3 Å². The molecule has 9 nitrogen and oxygen atoms in total. The van der Waals surface area contributed by atoms with Crippen molar-refractivity contribution in [3.8, 4) is 0 Å². The number of esters is 2. The van der Waals surface area contributed by atoms with Gasteiger partial charge in [0.05, 0.1) is 12.2 Å². The summed E-state index contributed by atoms with van der Waals surface area (Å²) >= 11 is 0. The Morgan fingerprint density at radius 2 is 1.93 bits per heavy atom. The summed E-state index contributed by atoms with van der Waals surface area (Å²) in [4.78, 5) is 39.7. The summed E-state index contributed by atoms with van der Waals surface area (Å²) in [5, 5.41) is 6.21. The number of nitrogens with one attached hydrogen (secondary N) is 2. The maximum Gasteiger partial charge on any atom is 0.355 e. The fraction of sp³-hybridized carbons (Fsp3) is 0.444. The number of anilines is 1. The molecule has 2 heterocycles. The third kappa shape index (κ3) is 4.55. The average Bonchev–Trinajstić information content (AvgIpc) is 3.15. The predicted molar refractivity (Wildman–Crippen MR) is 95.6 cm³/mol. The second-order valence-electron chi connectivity index (χ2n) is 5.96.